The van der Waals surface area contributed by atoms with Gasteiger partial charge in [-0.05, 0) is 42.0 Å². The minimum absolute atomic E-state index is 0.00181. The molecule has 0 radical (unpaired) electrons. The summed E-state index contributed by atoms with van der Waals surface area (Å²) in [6.45, 7) is 1.44. The van der Waals surface area contributed by atoms with E-state index in [9.17, 15) is 28.2 Å². The van der Waals surface area contributed by atoms with Crippen molar-refractivity contribution in [3.63, 3.8) is 0 Å². The molecule has 0 bridgehead atoms. The number of nitrogens with zero attached hydrogens (tertiary/aromatic N) is 3. The van der Waals surface area contributed by atoms with Gasteiger partial charge in [-0.15, -0.1) is 0 Å². The van der Waals surface area contributed by atoms with E-state index in [1.54, 1.807) is 30.3 Å². The van der Waals surface area contributed by atoms with Gasteiger partial charge in [0.25, 0.3) is 5.91 Å². The van der Waals surface area contributed by atoms with Crippen molar-refractivity contribution in [2.75, 3.05) is 26.3 Å². The Bertz CT molecular complexity index is 1480. The van der Waals surface area contributed by atoms with Crippen LogP contribution in [0.5, 0.6) is 17.2 Å². The van der Waals surface area contributed by atoms with E-state index < -0.39 is 23.9 Å². The van der Waals surface area contributed by atoms with E-state index in [4.69, 9.17) is 15.2 Å². The first kappa shape index (κ1) is 30.4. The summed E-state index contributed by atoms with van der Waals surface area (Å²) in [6, 6.07) is 20.4. The van der Waals surface area contributed by atoms with E-state index in [2.05, 4.69) is 4.98 Å². The quantitative estimate of drug-likeness (QED) is 0.215. The minimum Gasteiger partial charge on any atom is -0.507 e. The standard InChI is InChI=1S/C30H31F3N4O5/c1-36-18-27(30(31,32)33)35-29(36)21-7-9-23(10-8-21)42-19-22(38)17-37(16-20-5-3-2-4-6-20)13-14-41-24-11-12-25(28(34)40)26(39)15-24/h2-12,15,18,22,38-39H,13-14,16-17,19H2,1H3,(H2,34,40). The Morgan fingerprint density at radius 2 is 1.74 bits per heavy atom. The Labute approximate surface area is 240 Å². The second-order valence-electron chi connectivity index (χ2n) is 9.66. The number of hydrogen-bond donors (Lipinski definition) is 3. The molecule has 0 aliphatic carbocycles. The normalized spacial score (nSPS) is 12.3. The van der Waals surface area contributed by atoms with Crippen molar-refractivity contribution in [2.24, 2.45) is 12.8 Å². The zero-order valence-electron chi connectivity index (χ0n) is 22.8. The van der Waals surface area contributed by atoms with Crippen LogP contribution in [0.4, 0.5) is 13.2 Å². The Kier molecular flexibility index (Phi) is 9.71. The van der Waals surface area contributed by atoms with E-state index >= 15 is 0 Å². The van der Waals surface area contributed by atoms with E-state index in [-0.39, 0.29) is 36.9 Å². The number of nitrogens with two attached hydrogens (primary N) is 1. The third kappa shape index (κ3) is 8.24. The SMILES string of the molecule is Cn1cc(C(F)(F)F)nc1-c1ccc(OCC(O)CN(CCOc2ccc(C(N)=O)c(O)c2)Cc2ccccc2)cc1. The van der Waals surface area contributed by atoms with Gasteiger partial charge in [0, 0.05) is 44.5 Å². The molecule has 1 amide bonds. The predicted molar refractivity (Wildman–Crippen MR) is 149 cm³/mol. The summed E-state index contributed by atoms with van der Waals surface area (Å²) < 4.78 is 51.8. The molecule has 222 valence electrons. The zero-order chi connectivity index (χ0) is 30.3. The predicted octanol–water partition coefficient (Wildman–Crippen LogP) is 4.23. The fraction of sp³-hybridized carbons (Fsp3) is 0.267. The number of aromatic nitrogens is 2. The molecule has 0 aliphatic rings. The van der Waals surface area contributed by atoms with Crippen molar-refractivity contribution in [3.8, 4) is 28.6 Å². The van der Waals surface area contributed by atoms with Crippen LogP contribution in [-0.2, 0) is 19.8 Å². The lowest BCUT2D eigenvalue weighted by molar-refractivity contribution is -0.140. The van der Waals surface area contributed by atoms with Crippen molar-refractivity contribution < 1.29 is 37.7 Å². The molecule has 4 N–H and O–H groups in total. The third-order valence-corrected chi connectivity index (χ3v) is 6.35. The molecule has 1 atom stereocenters. The van der Waals surface area contributed by atoms with Gasteiger partial charge >= 0.3 is 6.18 Å². The number of phenols is 1. The highest BCUT2D eigenvalue weighted by atomic mass is 19.4. The molecule has 1 heterocycles. The Morgan fingerprint density at radius 1 is 1.05 bits per heavy atom. The number of benzene rings is 3. The molecule has 4 aromatic rings. The van der Waals surface area contributed by atoms with Crippen LogP contribution in [0.3, 0.4) is 0 Å². The van der Waals surface area contributed by atoms with Crippen molar-refractivity contribution in [1.82, 2.24) is 14.5 Å². The number of alkyl halides is 3. The lowest BCUT2D eigenvalue weighted by Gasteiger charge is -2.25. The van der Waals surface area contributed by atoms with Gasteiger partial charge in [-0.2, -0.15) is 13.2 Å². The molecule has 0 saturated carbocycles. The largest absolute Gasteiger partial charge is 0.507 e. The van der Waals surface area contributed by atoms with Gasteiger partial charge in [0.1, 0.15) is 42.4 Å². The molecule has 1 aromatic heterocycles. The van der Waals surface area contributed by atoms with Crippen molar-refractivity contribution >= 4 is 5.91 Å². The van der Waals surface area contributed by atoms with Gasteiger partial charge in [0.15, 0.2) is 5.69 Å². The topological polar surface area (TPSA) is 123 Å². The monoisotopic (exact) mass is 584 g/mol. The molecule has 42 heavy (non-hydrogen) atoms. The van der Waals surface area contributed by atoms with Crippen LogP contribution in [0.25, 0.3) is 11.4 Å². The van der Waals surface area contributed by atoms with Crippen LogP contribution >= 0.6 is 0 Å². The summed E-state index contributed by atoms with van der Waals surface area (Å²) in [4.78, 5) is 17.0. The summed E-state index contributed by atoms with van der Waals surface area (Å²) in [5.74, 6) is -0.0304. The van der Waals surface area contributed by atoms with Gasteiger partial charge < -0.3 is 30.0 Å². The molecule has 3 aromatic carbocycles. The fourth-order valence-corrected chi connectivity index (χ4v) is 4.29. The molecule has 9 nitrogen and oxygen atoms in total. The average molecular weight is 585 g/mol. The maximum Gasteiger partial charge on any atom is 0.434 e. The van der Waals surface area contributed by atoms with Gasteiger partial charge in [-0.3, -0.25) is 9.69 Å². The Balaban J connectivity index is 1.33. The van der Waals surface area contributed by atoms with Crippen LogP contribution in [0.1, 0.15) is 21.6 Å². The molecule has 0 aliphatic heterocycles. The molecule has 0 saturated heterocycles. The molecule has 12 heteroatoms. The molecular weight excluding hydrogens is 553 g/mol. The summed E-state index contributed by atoms with van der Waals surface area (Å²) in [6.07, 6.45) is -4.46. The number of aromatic hydroxyl groups is 1. The molecule has 1 unspecified atom stereocenters. The number of rotatable bonds is 13. The first-order valence-electron chi connectivity index (χ1n) is 13.0. The maximum atomic E-state index is 13.0. The first-order chi connectivity index (χ1) is 20.0. The summed E-state index contributed by atoms with van der Waals surface area (Å²) in [5.41, 5.74) is 5.78. The molecule has 0 spiro atoms. The van der Waals surface area contributed by atoms with Crippen LogP contribution in [0.15, 0.2) is 79.0 Å². The highest BCUT2D eigenvalue weighted by Gasteiger charge is 2.34. The van der Waals surface area contributed by atoms with Crippen LogP contribution in [-0.4, -0.2) is 63.0 Å². The number of hydrogen-bond acceptors (Lipinski definition) is 7. The number of imidazole rings is 1. The van der Waals surface area contributed by atoms with Crippen molar-refractivity contribution in [1.29, 1.82) is 0 Å². The number of ether oxygens (including phenoxy) is 2. The number of carbonyl (C=O) groups excluding carboxylic acids is 1. The lowest BCUT2D eigenvalue weighted by atomic mass is 10.2. The van der Waals surface area contributed by atoms with Crippen LogP contribution < -0.4 is 15.2 Å². The smallest absolute Gasteiger partial charge is 0.434 e. The molecular formula is C30H31F3N4O5. The van der Waals surface area contributed by atoms with Crippen molar-refractivity contribution in [2.45, 2.75) is 18.8 Å². The maximum absolute atomic E-state index is 13.0. The van der Waals surface area contributed by atoms with Crippen molar-refractivity contribution in [3.05, 3.63) is 95.8 Å². The van der Waals surface area contributed by atoms with Gasteiger partial charge in [-0.25, -0.2) is 4.98 Å². The van der Waals surface area contributed by atoms with Gasteiger partial charge in [0.2, 0.25) is 0 Å². The van der Waals surface area contributed by atoms with Gasteiger partial charge in [0.05, 0.1) is 5.56 Å². The number of aryl methyl sites for hydroxylation is 1. The number of aliphatic hydroxyl groups is 1. The number of carbonyl (C=O) groups is 1. The second kappa shape index (κ2) is 13.4. The summed E-state index contributed by atoms with van der Waals surface area (Å²) >= 11 is 0. The first-order valence-corrected chi connectivity index (χ1v) is 13.0. The van der Waals surface area contributed by atoms with E-state index in [0.29, 0.717) is 30.2 Å². The lowest BCUT2D eigenvalue weighted by Crippen LogP contribution is -2.37. The van der Waals surface area contributed by atoms with Crippen LogP contribution in [0, 0.1) is 0 Å². The number of primary amides is 1. The highest BCUT2D eigenvalue weighted by molar-refractivity contribution is 5.95. The molecule has 0 fully saturated rings. The third-order valence-electron chi connectivity index (χ3n) is 6.35. The highest BCUT2D eigenvalue weighted by Crippen LogP contribution is 2.31. The zero-order valence-corrected chi connectivity index (χ0v) is 22.8. The summed E-state index contributed by atoms with van der Waals surface area (Å²) in [5, 5.41) is 20.7. The molecule has 4 rings (SSSR count). The van der Waals surface area contributed by atoms with Gasteiger partial charge in [-0.1, -0.05) is 30.3 Å². The second-order valence-corrected chi connectivity index (χ2v) is 9.66. The Morgan fingerprint density at radius 3 is 2.36 bits per heavy atom. The van der Waals surface area contributed by atoms with E-state index in [1.807, 2.05) is 35.2 Å². The minimum atomic E-state index is -4.53. The Hall–Kier alpha value is -4.55. The number of aliphatic hydroxyl groups excluding tert-OH is 1. The number of halogens is 3. The fourth-order valence-electron chi connectivity index (χ4n) is 4.29. The van der Waals surface area contributed by atoms with Crippen LogP contribution in [0.2, 0.25) is 0 Å². The number of amides is 1. The summed E-state index contributed by atoms with van der Waals surface area (Å²) in [7, 11) is 1.49. The van der Waals surface area contributed by atoms with E-state index in [1.165, 1.54) is 23.7 Å². The average Bonchev–Trinajstić information content (AvgIpc) is 3.35. The van der Waals surface area contributed by atoms with E-state index in [0.717, 1.165) is 11.8 Å².